The number of rotatable bonds is 4. The number of hydrogen-bond donors (Lipinski definition) is 1. The molecule has 2 rings (SSSR count). The second-order valence-electron chi connectivity index (χ2n) is 3.77. The molecule has 2 aromatic rings. The first kappa shape index (κ1) is 10.9. The lowest BCUT2D eigenvalue weighted by Crippen LogP contribution is -2.08. The number of aryl methyl sites for hydroxylation is 1. The van der Waals surface area contributed by atoms with Gasteiger partial charge < -0.3 is 10.3 Å². The molecule has 0 amide bonds. The summed E-state index contributed by atoms with van der Waals surface area (Å²) in [6, 6.07) is 8.56. The van der Waals surface area contributed by atoms with Gasteiger partial charge in [-0.25, -0.2) is 4.98 Å². The number of hydrogen-bond acceptors (Lipinski definition) is 2. The van der Waals surface area contributed by atoms with Crippen molar-refractivity contribution in [1.82, 2.24) is 9.55 Å². The number of benzene rings is 1. The summed E-state index contributed by atoms with van der Waals surface area (Å²) in [6.07, 6.45) is 5.67. The summed E-state index contributed by atoms with van der Waals surface area (Å²) in [5.74, 6) is 1.02. The van der Waals surface area contributed by atoms with Crippen LogP contribution in [-0.2, 0) is 12.8 Å². The van der Waals surface area contributed by atoms with E-state index in [1.807, 2.05) is 12.4 Å². The number of nitrogens with zero attached hydrogens (tertiary/aromatic N) is 2. The molecule has 1 aromatic heterocycles. The lowest BCUT2D eigenvalue weighted by molar-refractivity contribution is 0.837. The minimum absolute atomic E-state index is 0.629. The van der Waals surface area contributed by atoms with Crippen molar-refractivity contribution >= 4 is 0 Å². The molecule has 0 unspecified atom stereocenters. The lowest BCUT2D eigenvalue weighted by Gasteiger charge is -2.07. The van der Waals surface area contributed by atoms with Gasteiger partial charge in [0.05, 0.1) is 0 Å². The summed E-state index contributed by atoms with van der Waals surface area (Å²) in [4.78, 5) is 4.31. The maximum absolute atomic E-state index is 5.56. The molecule has 1 heterocycles. The van der Waals surface area contributed by atoms with Crippen LogP contribution in [0.25, 0.3) is 5.69 Å². The van der Waals surface area contributed by atoms with Crippen molar-refractivity contribution in [3.05, 3.63) is 48.0 Å². The van der Waals surface area contributed by atoms with Crippen molar-refractivity contribution in [2.24, 2.45) is 5.73 Å². The molecule has 3 heteroatoms. The van der Waals surface area contributed by atoms with Crippen LogP contribution >= 0.6 is 0 Å². The third kappa shape index (κ3) is 2.14. The first-order valence-electron chi connectivity index (χ1n) is 5.66. The molecule has 0 atom stereocenters. The first-order valence-corrected chi connectivity index (χ1v) is 5.66. The van der Waals surface area contributed by atoms with E-state index in [1.165, 1.54) is 5.56 Å². The van der Waals surface area contributed by atoms with Gasteiger partial charge in [0.15, 0.2) is 0 Å². The first-order chi connectivity index (χ1) is 7.85. The highest BCUT2D eigenvalue weighted by Crippen LogP contribution is 2.12. The predicted molar refractivity (Wildman–Crippen MR) is 65.7 cm³/mol. The zero-order valence-corrected chi connectivity index (χ0v) is 9.56. The Balaban J connectivity index is 2.31. The zero-order valence-electron chi connectivity index (χ0n) is 9.56. The standard InChI is InChI=1S/C13H17N3/c1-2-11-3-5-12(6-4-11)16-10-9-15-13(16)7-8-14/h3-6,9-10H,2,7-8,14H2,1H3. The van der Waals surface area contributed by atoms with Gasteiger partial charge in [0.2, 0.25) is 0 Å². The van der Waals surface area contributed by atoms with Gasteiger partial charge in [-0.05, 0) is 30.7 Å². The molecule has 0 aliphatic heterocycles. The van der Waals surface area contributed by atoms with Gasteiger partial charge in [0.25, 0.3) is 0 Å². The largest absolute Gasteiger partial charge is 0.330 e. The second-order valence-corrected chi connectivity index (χ2v) is 3.77. The average Bonchev–Trinajstić information content (AvgIpc) is 2.78. The Bertz CT molecular complexity index is 442. The molecule has 0 spiro atoms. The minimum Gasteiger partial charge on any atom is -0.330 e. The van der Waals surface area contributed by atoms with Crippen LogP contribution in [0, 0.1) is 0 Å². The summed E-state index contributed by atoms with van der Waals surface area (Å²) in [5.41, 5.74) is 8.06. The maximum Gasteiger partial charge on any atom is 0.114 e. The van der Waals surface area contributed by atoms with E-state index >= 15 is 0 Å². The molecule has 3 nitrogen and oxygen atoms in total. The van der Waals surface area contributed by atoms with Gasteiger partial charge in [-0.15, -0.1) is 0 Å². The third-order valence-corrected chi connectivity index (χ3v) is 2.71. The third-order valence-electron chi connectivity index (χ3n) is 2.71. The number of nitrogens with two attached hydrogens (primary N) is 1. The van der Waals surface area contributed by atoms with Crippen LogP contribution < -0.4 is 5.73 Å². The van der Waals surface area contributed by atoms with Gasteiger partial charge in [0, 0.05) is 24.5 Å². The molecule has 0 fully saturated rings. The molecule has 0 saturated heterocycles. The fourth-order valence-electron chi connectivity index (χ4n) is 1.78. The Morgan fingerprint density at radius 2 is 2.00 bits per heavy atom. The second kappa shape index (κ2) is 4.94. The van der Waals surface area contributed by atoms with Gasteiger partial charge in [-0.3, -0.25) is 0 Å². The summed E-state index contributed by atoms with van der Waals surface area (Å²) in [7, 11) is 0. The SMILES string of the molecule is CCc1ccc(-n2ccnc2CCN)cc1. The summed E-state index contributed by atoms with van der Waals surface area (Å²) < 4.78 is 2.09. The van der Waals surface area contributed by atoms with Gasteiger partial charge in [-0.2, -0.15) is 0 Å². The zero-order chi connectivity index (χ0) is 11.4. The smallest absolute Gasteiger partial charge is 0.114 e. The topological polar surface area (TPSA) is 43.8 Å². The Morgan fingerprint density at radius 3 is 2.62 bits per heavy atom. The molecule has 1 aromatic carbocycles. The quantitative estimate of drug-likeness (QED) is 0.847. The van der Waals surface area contributed by atoms with Crippen LogP contribution in [0.2, 0.25) is 0 Å². The van der Waals surface area contributed by atoms with Crippen LogP contribution in [0.15, 0.2) is 36.7 Å². The average molecular weight is 215 g/mol. The van der Waals surface area contributed by atoms with Gasteiger partial charge >= 0.3 is 0 Å². The van der Waals surface area contributed by atoms with E-state index < -0.39 is 0 Å². The van der Waals surface area contributed by atoms with Crippen LogP contribution in [0.4, 0.5) is 0 Å². The van der Waals surface area contributed by atoms with Crippen molar-refractivity contribution in [1.29, 1.82) is 0 Å². The van der Waals surface area contributed by atoms with E-state index in [1.54, 1.807) is 0 Å². The summed E-state index contributed by atoms with van der Waals surface area (Å²) in [5, 5.41) is 0. The Kier molecular flexibility index (Phi) is 3.37. The Hall–Kier alpha value is -1.61. The fourth-order valence-corrected chi connectivity index (χ4v) is 1.78. The van der Waals surface area contributed by atoms with Crippen LogP contribution in [-0.4, -0.2) is 16.1 Å². The normalized spacial score (nSPS) is 10.6. The maximum atomic E-state index is 5.56. The highest BCUT2D eigenvalue weighted by molar-refractivity contribution is 5.36. The molecule has 16 heavy (non-hydrogen) atoms. The molecule has 0 aliphatic carbocycles. The van der Waals surface area contributed by atoms with Gasteiger partial charge in [-0.1, -0.05) is 19.1 Å². The van der Waals surface area contributed by atoms with E-state index in [2.05, 4.69) is 40.7 Å². The molecule has 0 saturated carbocycles. The van der Waals surface area contributed by atoms with Crippen LogP contribution in [0.3, 0.4) is 0 Å². The number of imidazole rings is 1. The summed E-state index contributed by atoms with van der Waals surface area (Å²) in [6.45, 7) is 2.79. The van der Waals surface area contributed by atoms with Crippen molar-refractivity contribution in [2.45, 2.75) is 19.8 Å². The fraction of sp³-hybridized carbons (Fsp3) is 0.308. The minimum atomic E-state index is 0.629. The molecular formula is C13H17N3. The van der Waals surface area contributed by atoms with E-state index in [9.17, 15) is 0 Å². The highest BCUT2D eigenvalue weighted by atomic mass is 15.1. The molecule has 0 bridgehead atoms. The predicted octanol–water partition coefficient (Wildman–Crippen LogP) is 1.94. The Morgan fingerprint density at radius 1 is 1.25 bits per heavy atom. The van der Waals surface area contributed by atoms with E-state index in [-0.39, 0.29) is 0 Å². The summed E-state index contributed by atoms with van der Waals surface area (Å²) >= 11 is 0. The van der Waals surface area contributed by atoms with E-state index in [0.717, 1.165) is 24.4 Å². The van der Waals surface area contributed by atoms with Crippen molar-refractivity contribution in [3.8, 4) is 5.69 Å². The van der Waals surface area contributed by atoms with Crippen LogP contribution in [0.1, 0.15) is 18.3 Å². The van der Waals surface area contributed by atoms with Crippen molar-refractivity contribution in [3.63, 3.8) is 0 Å². The van der Waals surface area contributed by atoms with E-state index in [0.29, 0.717) is 6.54 Å². The molecular weight excluding hydrogens is 198 g/mol. The number of aromatic nitrogens is 2. The monoisotopic (exact) mass is 215 g/mol. The molecule has 84 valence electrons. The molecule has 0 radical (unpaired) electrons. The van der Waals surface area contributed by atoms with Gasteiger partial charge in [0.1, 0.15) is 5.82 Å². The van der Waals surface area contributed by atoms with Crippen molar-refractivity contribution in [2.75, 3.05) is 6.54 Å². The van der Waals surface area contributed by atoms with Crippen LogP contribution in [0.5, 0.6) is 0 Å². The highest BCUT2D eigenvalue weighted by Gasteiger charge is 2.03. The molecule has 2 N–H and O–H groups in total. The van der Waals surface area contributed by atoms with E-state index in [4.69, 9.17) is 5.73 Å². The van der Waals surface area contributed by atoms with Crippen molar-refractivity contribution < 1.29 is 0 Å². The molecule has 0 aliphatic rings. The Labute approximate surface area is 95.9 Å². The lowest BCUT2D eigenvalue weighted by atomic mass is 10.1.